The van der Waals surface area contributed by atoms with E-state index in [9.17, 15) is 18.8 Å². The van der Waals surface area contributed by atoms with Crippen molar-refractivity contribution in [3.05, 3.63) is 82.7 Å². The SMILES string of the molecule is CC/C=C/C(C(=O)NC1CCCCC(=O)Nc2cc(NC(=O)OC)ccc2-c2cnc1[nH]2)=C(/C)N(C)c1cccc(Cl)c1F. The molecule has 0 saturated carbocycles. The highest BCUT2D eigenvalue weighted by Gasteiger charge is 2.24. The molecule has 1 atom stereocenters. The lowest BCUT2D eigenvalue weighted by Gasteiger charge is -2.24. The minimum Gasteiger partial charge on any atom is -0.453 e. The quantitative estimate of drug-likeness (QED) is 0.164. The number of aromatic nitrogens is 2. The van der Waals surface area contributed by atoms with E-state index >= 15 is 0 Å². The number of fused-ring (bicyclic) bond motifs is 4. The van der Waals surface area contributed by atoms with Gasteiger partial charge in [-0.15, -0.1) is 0 Å². The average Bonchev–Trinajstić information content (AvgIpc) is 3.49. The Morgan fingerprint density at radius 1 is 1.25 bits per heavy atom. The number of amides is 3. The molecule has 3 aromatic rings. The largest absolute Gasteiger partial charge is 0.453 e. The number of ether oxygens (including phenoxy) is 1. The predicted octanol–water partition coefficient (Wildman–Crippen LogP) is 7.09. The van der Waals surface area contributed by atoms with Gasteiger partial charge in [0.15, 0.2) is 5.82 Å². The van der Waals surface area contributed by atoms with Gasteiger partial charge < -0.3 is 25.3 Å². The Morgan fingerprint density at radius 3 is 2.80 bits per heavy atom. The molecule has 10 nitrogen and oxygen atoms in total. The number of hydrogen-bond donors (Lipinski definition) is 4. The third-order valence-electron chi connectivity index (χ3n) is 7.34. The first kappa shape index (κ1) is 32.3. The van der Waals surface area contributed by atoms with E-state index in [1.54, 1.807) is 61.5 Å². The molecule has 0 fully saturated rings. The number of nitrogens with zero attached hydrogens (tertiary/aromatic N) is 2. The monoisotopic (exact) mass is 622 g/mol. The summed E-state index contributed by atoms with van der Waals surface area (Å²) >= 11 is 6.02. The number of H-pyrrole nitrogens is 1. The second-order valence-corrected chi connectivity index (χ2v) is 10.7. The molecule has 2 aromatic carbocycles. The van der Waals surface area contributed by atoms with Gasteiger partial charge in [0.2, 0.25) is 5.91 Å². The zero-order chi connectivity index (χ0) is 31.8. The minimum absolute atomic E-state index is 0.00898. The summed E-state index contributed by atoms with van der Waals surface area (Å²) in [6, 6.07) is 9.32. The van der Waals surface area contributed by atoms with Crippen LogP contribution in [0, 0.1) is 5.82 Å². The standard InChI is InChI=1S/C32H36ClFN6O4/c1-5-6-10-21(19(2)40(3)27-13-9-11-23(33)29(27)34)31(42)39-24-12-7-8-14-28(41)37-25-17-20(36-32(43)44-4)15-16-22(25)26-18-35-30(24)38-26/h6,9-11,13,15-18,24H,5,7-8,12,14H2,1-4H3,(H,35,38)(H,36,43)(H,37,41)(H,39,42)/b10-6+,21-19+. The second-order valence-electron chi connectivity index (χ2n) is 10.3. The Labute approximate surface area is 260 Å². The number of anilines is 3. The van der Waals surface area contributed by atoms with E-state index in [4.69, 9.17) is 11.6 Å². The molecule has 2 heterocycles. The fourth-order valence-corrected chi connectivity index (χ4v) is 5.02. The smallest absolute Gasteiger partial charge is 0.411 e. The van der Waals surface area contributed by atoms with Crippen LogP contribution in [0.3, 0.4) is 0 Å². The van der Waals surface area contributed by atoms with Gasteiger partial charge in [-0.05, 0) is 56.5 Å². The molecule has 0 aliphatic carbocycles. The molecule has 1 aliphatic heterocycles. The fraction of sp³-hybridized carbons (Fsp3) is 0.312. The fourth-order valence-electron chi connectivity index (χ4n) is 4.85. The molecular weight excluding hydrogens is 587 g/mol. The van der Waals surface area contributed by atoms with Crippen LogP contribution in [0.1, 0.15) is 57.8 Å². The van der Waals surface area contributed by atoms with Crippen molar-refractivity contribution in [2.24, 2.45) is 0 Å². The number of benzene rings is 2. The summed E-state index contributed by atoms with van der Waals surface area (Å²) in [6.45, 7) is 3.71. The molecule has 1 unspecified atom stereocenters. The van der Waals surface area contributed by atoms with Crippen LogP contribution in [0.15, 0.2) is 66.0 Å². The Hall–Kier alpha value is -4.64. The summed E-state index contributed by atoms with van der Waals surface area (Å²) in [4.78, 5) is 47.8. The summed E-state index contributed by atoms with van der Waals surface area (Å²) in [5, 5.41) is 8.63. The summed E-state index contributed by atoms with van der Waals surface area (Å²) in [7, 11) is 2.95. The van der Waals surface area contributed by atoms with Gasteiger partial charge in [0.1, 0.15) is 5.82 Å². The zero-order valence-electron chi connectivity index (χ0n) is 25.1. The van der Waals surface area contributed by atoms with Gasteiger partial charge in [0, 0.05) is 30.4 Å². The van der Waals surface area contributed by atoms with E-state index in [0.717, 1.165) is 0 Å². The molecule has 0 spiro atoms. The molecule has 232 valence electrons. The number of halogens is 2. The molecule has 4 N–H and O–H groups in total. The van der Waals surface area contributed by atoms with Gasteiger partial charge in [0.25, 0.3) is 5.91 Å². The number of methoxy groups -OCH3 is 1. The van der Waals surface area contributed by atoms with Crippen molar-refractivity contribution in [3.63, 3.8) is 0 Å². The van der Waals surface area contributed by atoms with Crippen molar-refractivity contribution in [1.82, 2.24) is 15.3 Å². The number of carbonyl (C=O) groups excluding carboxylic acids is 3. The molecule has 4 rings (SSSR count). The van der Waals surface area contributed by atoms with Crippen LogP contribution in [-0.2, 0) is 14.3 Å². The Balaban J connectivity index is 1.67. The molecular formula is C32H36ClFN6O4. The number of allylic oxidation sites excluding steroid dienone is 2. The van der Waals surface area contributed by atoms with Crippen LogP contribution in [0.5, 0.6) is 0 Å². The highest BCUT2D eigenvalue weighted by molar-refractivity contribution is 6.31. The maximum Gasteiger partial charge on any atom is 0.411 e. The van der Waals surface area contributed by atoms with Crippen LogP contribution < -0.4 is 20.9 Å². The van der Waals surface area contributed by atoms with Crippen molar-refractivity contribution in [2.45, 2.75) is 52.0 Å². The lowest BCUT2D eigenvalue weighted by Crippen LogP contribution is -2.32. The van der Waals surface area contributed by atoms with E-state index in [1.165, 1.54) is 13.2 Å². The number of imidazole rings is 1. The van der Waals surface area contributed by atoms with Crippen LogP contribution in [0.4, 0.5) is 26.2 Å². The molecule has 12 heteroatoms. The van der Waals surface area contributed by atoms with Crippen molar-refractivity contribution in [1.29, 1.82) is 0 Å². The maximum absolute atomic E-state index is 14.9. The van der Waals surface area contributed by atoms with E-state index in [-0.39, 0.29) is 28.9 Å². The normalized spacial score (nSPS) is 15.7. The van der Waals surface area contributed by atoms with E-state index < -0.39 is 18.0 Å². The number of nitrogens with one attached hydrogen (secondary N) is 4. The number of hydrogen-bond acceptors (Lipinski definition) is 6. The van der Waals surface area contributed by atoms with Gasteiger partial charge in [-0.3, -0.25) is 14.9 Å². The first-order valence-corrected chi connectivity index (χ1v) is 14.7. The predicted molar refractivity (Wildman–Crippen MR) is 170 cm³/mol. The van der Waals surface area contributed by atoms with Crippen LogP contribution in [0.25, 0.3) is 11.3 Å². The molecule has 0 saturated heterocycles. The summed E-state index contributed by atoms with van der Waals surface area (Å²) in [5.74, 6) is -0.554. The molecule has 0 radical (unpaired) electrons. The van der Waals surface area contributed by atoms with Gasteiger partial charge in [-0.1, -0.05) is 43.2 Å². The zero-order valence-corrected chi connectivity index (χ0v) is 25.8. The van der Waals surface area contributed by atoms with Crippen molar-refractivity contribution >= 4 is 46.6 Å². The Kier molecular flexibility index (Phi) is 10.8. The summed E-state index contributed by atoms with van der Waals surface area (Å²) in [5.41, 5.74) is 3.35. The second kappa shape index (κ2) is 14.7. The van der Waals surface area contributed by atoms with Gasteiger partial charge >= 0.3 is 6.09 Å². The number of carbonyl (C=O) groups is 3. The van der Waals surface area contributed by atoms with E-state index in [0.29, 0.717) is 65.4 Å². The maximum atomic E-state index is 14.9. The van der Waals surface area contributed by atoms with E-state index in [1.807, 2.05) is 13.0 Å². The Morgan fingerprint density at radius 2 is 2.05 bits per heavy atom. The summed E-state index contributed by atoms with van der Waals surface area (Å²) < 4.78 is 19.5. The van der Waals surface area contributed by atoms with Gasteiger partial charge in [-0.2, -0.15) is 0 Å². The van der Waals surface area contributed by atoms with Crippen LogP contribution >= 0.6 is 11.6 Å². The lowest BCUT2D eigenvalue weighted by molar-refractivity contribution is -0.118. The Bertz CT molecular complexity index is 1600. The van der Waals surface area contributed by atoms with Crippen molar-refractivity contribution < 1.29 is 23.5 Å². The third-order valence-corrected chi connectivity index (χ3v) is 7.64. The average molecular weight is 623 g/mol. The minimum atomic E-state index is -0.631. The molecule has 44 heavy (non-hydrogen) atoms. The first-order chi connectivity index (χ1) is 21.1. The van der Waals surface area contributed by atoms with Crippen LogP contribution in [0.2, 0.25) is 5.02 Å². The molecule has 3 amide bonds. The lowest BCUT2D eigenvalue weighted by atomic mass is 10.0. The van der Waals surface area contributed by atoms with E-state index in [2.05, 4.69) is 30.7 Å². The number of aromatic amines is 1. The van der Waals surface area contributed by atoms with Crippen molar-refractivity contribution in [3.8, 4) is 11.3 Å². The highest BCUT2D eigenvalue weighted by atomic mass is 35.5. The molecule has 2 bridgehead atoms. The first-order valence-electron chi connectivity index (χ1n) is 14.3. The molecule has 1 aromatic heterocycles. The molecule has 1 aliphatic rings. The summed E-state index contributed by atoms with van der Waals surface area (Å²) in [6.07, 6.45) is 7.32. The van der Waals surface area contributed by atoms with Crippen molar-refractivity contribution in [2.75, 3.05) is 29.7 Å². The number of rotatable bonds is 7. The van der Waals surface area contributed by atoms with Gasteiger partial charge in [-0.25, -0.2) is 14.2 Å². The van der Waals surface area contributed by atoms with Crippen LogP contribution in [-0.4, -0.2) is 42.0 Å². The third kappa shape index (κ3) is 7.65. The topological polar surface area (TPSA) is 128 Å². The van der Waals surface area contributed by atoms with Gasteiger partial charge in [0.05, 0.1) is 47.0 Å². The highest BCUT2D eigenvalue weighted by Crippen LogP contribution is 2.33.